The van der Waals surface area contributed by atoms with Gasteiger partial charge in [-0.2, -0.15) is 0 Å². The highest BCUT2D eigenvalue weighted by molar-refractivity contribution is 6.51. The summed E-state index contributed by atoms with van der Waals surface area (Å²) in [5.74, 6) is -1.39. The predicted octanol–water partition coefficient (Wildman–Crippen LogP) is 5.06. The summed E-state index contributed by atoms with van der Waals surface area (Å²) < 4.78 is 0. The number of amides is 1. The molecule has 164 valence electrons. The van der Waals surface area contributed by atoms with E-state index in [2.05, 4.69) is 9.97 Å². The SMILES string of the molecule is CCc1ccc(/C(O)=C2\C(=O)C(=O)N(c3nc4ccc(C)cc4[nH]3)C2c2ccccc2)cc1. The Hall–Kier alpha value is -4.19. The minimum Gasteiger partial charge on any atom is -0.507 e. The van der Waals surface area contributed by atoms with Crippen molar-refractivity contribution in [3.05, 3.63) is 101 Å². The number of aliphatic hydroxyl groups is 1. The third kappa shape index (κ3) is 3.49. The number of Topliss-reactive ketones (excluding diaryl/α,β-unsaturated/α-hetero) is 1. The molecule has 0 radical (unpaired) electrons. The average molecular weight is 437 g/mol. The molecule has 1 unspecified atom stereocenters. The van der Waals surface area contributed by atoms with E-state index >= 15 is 0 Å². The van der Waals surface area contributed by atoms with Gasteiger partial charge in [-0.25, -0.2) is 4.98 Å². The number of anilines is 1. The molecule has 5 rings (SSSR count). The monoisotopic (exact) mass is 437 g/mol. The first-order valence-corrected chi connectivity index (χ1v) is 10.9. The minimum atomic E-state index is -0.807. The Morgan fingerprint density at radius 3 is 2.45 bits per heavy atom. The summed E-state index contributed by atoms with van der Waals surface area (Å²) in [6.45, 7) is 4.02. The maximum absolute atomic E-state index is 13.3. The van der Waals surface area contributed by atoms with E-state index in [4.69, 9.17) is 0 Å². The molecule has 1 fully saturated rings. The highest BCUT2D eigenvalue weighted by atomic mass is 16.3. The van der Waals surface area contributed by atoms with Crippen LogP contribution in [0.4, 0.5) is 5.95 Å². The van der Waals surface area contributed by atoms with Gasteiger partial charge in [-0.05, 0) is 42.2 Å². The van der Waals surface area contributed by atoms with Crippen LogP contribution >= 0.6 is 0 Å². The van der Waals surface area contributed by atoms with E-state index in [0.29, 0.717) is 16.6 Å². The fourth-order valence-electron chi connectivity index (χ4n) is 4.28. The molecule has 1 aliphatic rings. The Labute approximate surface area is 191 Å². The average Bonchev–Trinajstić information content (AvgIpc) is 3.37. The Morgan fingerprint density at radius 1 is 1.03 bits per heavy atom. The van der Waals surface area contributed by atoms with Crippen molar-refractivity contribution >= 4 is 34.4 Å². The summed E-state index contributed by atoms with van der Waals surface area (Å²) in [4.78, 5) is 35.6. The summed E-state index contributed by atoms with van der Waals surface area (Å²) in [6, 6.07) is 21.5. The lowest BCUT2D eigenvalue weighted by Crippen LogP contribution is -2.30. The molecule has 1 saturated heterocycles. The van der Waals surface area contributed by atoms with E-state index < -0.39 is 17.7 Å². The van der Waals surface area contributed by atoms with Crippen LogP contribution in [-0.4, -0.2) is 26.8 Å². The zero-order valence-electron chi connectivity index (χ0n) is 18.4. The van der Waals surface area contributed by atoms with Gasteiger partial charge in [-0.1, -0.05) is 67.6 Å². The lowest BCUT2D eigenvalue weighted by molar-refractivity contribution is -0.132. The Balaban J connectivity index is 1.70. The third-order valence-electron chi connectivity index (χ3n) is 6.05. The van der Waals surface area contributed by atoms with Crippen LogP contribution in [0, 0.1) is 6.92 Å². The van der Waals surface area contributed by atoms with Gasteiger partial charge in [0.25, 0.3) is 5.78 Å². The van der Waals surface area contributed by atoms with Crippen molar-refractivity contribution < 1.29 is 14.7 Å². The van der Waals surface area contributed by atoms with Gasteiger partial charge in [0.1, 0.15) is 5.76 Å². The van der Waals surface area contributed by atoms with Crippen LogP contribution in [0.3, 0.4) is 0 Å². The second-order valence-electron chi connectivity index (χ2n) is 8.21. The molecule has 2 heterocycles. The maximum Gasteiger partial charge on any atom is 0.302 e. The number of nitrogens with zero attached hydrogens (tertiary/aromatic N) is 2. The second-order valence-corrected chi connectivity index (χ2v) is 8.21. The van der Waals surface area contributed by atoms with E-state index in [-0.39, 0.29) is 17.3 Å². The number of rotatable bonds is 4. The zero-order valence-corrected chi connectivity index (χ0v) is 18.4. The van der Waals surface area contributed by atoms with E-state index in [1.54, 1.807) is 12.1 Å². The molecule has 0 bridgehead atoms. The number of hydrogen-bond donors (Lipinski definition) is 2. The fourth-order valence-corrected chi connectivity index (χ4v) is 4.28. The molecular weight excluding hydrogens is 414 g/mol. The molecule has 6 heteroatoms. The predicted molar refractivity (Wildman–Crippen MR) is 128 cm³/mol. The summed E-state index contributed by atoms with van der Waals surface area (Å²) in [5.41, 5.74) is 4.88. The van der Waals surface area contributed by atoms with Crippen molar-refractivity contribution in [1.82, 2.24) is 9.97 Å². The topological polar surface area (TPSA) is 86.3 Å². The van der Waals surface area contributed by atoms with Crippen LogP contribution < -0.4 is 4.90 Å². The number of nitrogens with one attached hydrogen (secondary N) is 1. The number of aliphatic hydroxyl groups excluding tert-OH is 1. The Bertz CT molecular complexity index is 1400. The van der Waals surface area contributed by atoms with Crippen molar-refractivity contribution in [2.45, 2.75) is 26.3 Å². The maximum atomic E-state index is 13.3. The number of benzene rings is 3. The number of ketones is 1. The molecule has 0 saturated carbocycles. The first kappa shape index (κ1) is 20.7. The van der Waals surface area contributed by atoms with Gasteiger partial charge in [-0.3, -0.25) is 14.5 Å². The molecule has 2 N–H and O–H groups in total. The van der Waals surface area contributed by atoms with Gasteiger partial charge >= 0.3 is 5.91 Å². The summed E-state index contributed by atoms with van der Waals surface area (Å²) in [5, 5.41) is 11.2. The molecule has 1 amide bonds. The van der Waals surface area contributed by atoms with Crippen LogP contribution in [0.2, 0.25) is 0 Å². The van der Waals surface area contributed by atoms with Crippen molar-refractivity contribution in [2.24, 2.45) is 0 Å². The summed E-state index contributed by atoms with van der Waals surface area (Å²) in [6.07, 6.45) is 0.862. The smallest absolute Gasteiger partial charge is 0.302 e. The Morgan fingerprint density at radius 2 is 1.76 bits per heavy atom. The van der Waals surface area contributed by atoms with Crippen LogP contribution in [0.25, 0.3) is 16.8 Å². The molecule has 4 aromatic rings. The molecule has 0 aliphatic carbocycles. The lowest BCUT2D eigenvalue weighted by Gasteiger charge is -2.23. The molecule has 0 spiro atoms. The van der Waals surface area contributed by atoms with Gasteiger partial charge in [0.05, 0.1) is 22.6 Å². The number of aromatic amines is 1. The van der Waals surface area contributed by atoms with E-state index in [1.165, 1.54) is 4.90 Å². The number of imidazole rings is 1. The minimum absolute atomic E-state index is 0.0482. The largest absolute Gasteiger partial charge is 0.507 e. The van der Waals surface area contributed by atoms with Crippen molar-refractivity contribution in [3.8, 4) is 0 Å². The van der Waals surface area contributed by atoms with Gasteiger partial charge in [0.15, 0.2) is 0 Å². The fraction of sp³-hybridized carbons (Fsp3) is 0.148. The van der Waals surface area contributed by atoms with E-state index in [9.17, 15) is 14.7 Å². The third-order valence-corrected chi connectivity index (χ3v) is 6.05. The molecule has 1 aliphatic heterocycles. The van der Waals surface area contributed by atoms with E-state index in [1.807, 2.05) is 74.5 Å². The number of aryl methyl sites for hydroxylation is 2. The number of carbonyl (C=O) groups is 2. The van der Waals surface area contributed by atoms with Crippen LogP contribution in [0.1, 0.15) is 35.2 Å². The first-order chi connectivity index (χ1) is 16.0. The first-order valence-electron chi connectivity index (χ1n) is 10.9. The second kappa shape index (κ2) is 8.06. The van der Waals surface area contributed by atoms with Gasteiger partial charge in [-0.15, -0.1) is 0 Å². The van der Waals surface area contributed by atoms with Crippen LogP contribution in [0.15, 0.2) is 78.4 Å². The molecule has 33 heavy (non-hydrogen) atoms. The number of aromatic nitrogens is 2. The number of H-pyrrole nitrogens is 1. The summed E-state index contributed by atoms with van der Waals surface area (Å²) >= 11 is 0. The van der Waals surface area contributed by atoms with E-state index in [0.717, 1.165) is 23.1 Å². The van der Waals surface area contributed by atoms with Crippen molar-refractivity contribution in [1.29, 1.82) is 0 Å². The molecule has 1 atom stereocenters. The zero-order chi connectivity index (χ0) is 23.1. The normalized spacial score (nSPS) is 17.8. The quantitative estimate of drug-likeness (QED) is 0.265. The number of fused-ring (bicyclic) bond motifs is 1. The Kier molecular flexibility index (Phi) is 5.05. The van der Waals surface area contributed by atoms with Crippen LogP contribution in [-0.2, 0) is 16.0 Å². The standard InChI is InChI=1S/C27H23N3O3/c1-3-17-10-12-19(13-11-17)24(31)22-23(18-7-5-4-6-8-18)30(26(33)25(22)32)27-28-20-14-9-16(2)15-21(20)29-27/h4-15,23,31H,3H2,1-2H3,(H,28,29)/b24-22+. The summed E-state index contributed by atoms with van der Waals surface area (Å²) in [7, 11) is 0. The van der Waals surface area contributed by atoms with Gasteiger partial charge in [0.2, 0.25) is 5.95 Å². The molecule has 3 aromatic carbocycles. The van der Waals surface area contributed by atoms with Crippen LogP contribution in [0.5, 0.6) is 0 Å². The van der Waals surface area contributed by atoms with Gasteiger partial charge < -0.3 is 10.1 Å². The molecule has 1 aromatic heterocycles. The van der Waals surface area contributed by atoms with Crippen molar-refractivity contribution in [3.63, 3.8) is 0 Å². The van der Waals surface area contributed by atoms with Gasteiger partial charge in [0, 0.05) is 5.56 Å². The number of hydrogen-bond acceptors (Lipinski definition) is 4. The molecular formula is C27H23N3O3. The number of carbonyl (C=O) groups excluding carboxylic acids is 2. The lowest BCUT2D eigenvalue weighted by atomic mass is 9.95. The molecule has 6 nitrogen and oxygen atoms in total. The highest BCUT2D eigenvalue weighted by Crippen LogP contribution is 2.41. The highest BCUT2D eigenvalue weighted by Gasteiger charge is 2.48. The van der Waals surface area contributed by atoms with Crippen molar-refractivity contribution in [2.75, 3.05) is 4.90 Å².